The van der Waals surface area contributed by atoms with E-state index in [4.69, 9.17) is 0 Å². The summed E-state index contributed by atoms with van der Waals surface area (Å²) in [5.74, 6) is 0.935. The molecule has 0 aromatic heterocycles. The molecule has 7 heavy (non-hydrogen) atoms. The van der Waals surface area contributed by atoms with Gasteiger partial charge < -0.3 is 5.32 Å². The van der Waals surface area contributed by atoms with Crippen molar-refractivity contribution in [2.45, 2.75) is 0 Å². The lowest BCUT2D eigenvalue weighted by Gasteiger charge is -1.95. The van der Waals surface area contributed by atoms with Gasteiger partial charge in [-0.25, -0.2) is 0 Å². The summed E-state index contributed by atoms with van der Waals surface area (Å²) in [5.41, 5.74) is 0. The molecule has 3 heteroatoms. The van der Waals surface area contributed by atoms with E-state index >= 15 is 0 Å². The summed E-state index contributed by atoms with van der Waals surface area (Å²) in [6.07, 6.45) is 1.13. The Kier molecular flexibility index (Phi) is 7.45. The van der Waals surface area contributed by atoms with Crippen LogP contribution in [-0.4, -0.2) is 25.0 Å². The summed E-state index contributed by atoms with van der Waals surface area (Å²) >= 11 is 4.02. The van der Waals surface area contributed by atoms with Gasteiger partial charge in [-0.2, -0.15) is 12.6 Å². The molecule has 0 saturated heterocycles. The smallest absolute Gasteiger partial charge is 0.00398 e. The molecular weight excluding hydrogens is 125 g/mol. The standard InChI is InChI=1S/C4H12NPS/c6-3-1-5-2-4-7/h5,7H,1-4,6H2. The Balaban J connectivity index is 2.45. The predicted octanol–water partition coefficient (Wildman–Crippen LogP) is 0.381. The molecule has 0 aromatic rings. The minimum absolute atomic E-state index is 0.935. The fourth-order valence-corrected chi connectivity index (χ4v) is 0.668. The highest BCUT2D eigenvalue weighted by Crippen LogP contribution is 1.74. The summed E-state index contributed by atoms with van der Waals surface area (Å²) in [5, 5.41) is 3.19. The average molecular weight is 137 g/mol. The summed E-state index contributed by atoms with van der Waals surface area (Å²) in [6, 6.07) is 0. The molecule has 0 heterocycles. The fraction of sp³-hybridized carbons (Fsp3) is 1.00. The van der Waals surface area contributed by atoms with E-state index in [-0.39, 0.29) is 0 Å². The molecule has 0 saturated carbocycles. The second-order valence-corrected chi connectivity index (χ2v) is 2.29. The Morgan fingerprint density at radius 3 is 2.57 bits per heavy atom. The average Bonchev–Trinajstić information content (AvgIpc) is 1.69. The van der Waals surface area contributed by atoms with Gasteiger partial charge in [0.2, 0.25) is 0 Å². The summed E-state index contributed by atoms with van der Waals surface area (Å²) in [7, 11) is 2.66. The Labute approximate surface area is 52.9 Å². The van der Waals surface area contributed by atoms with Crippen LogP contribution in [0.15, 0.2) is 0 Å². The largest absolute Gasteiger partial charge is 0.316 e. The van der Waals surface area contributed by atoms with Crippen molar-refractivity contribution in [3.8, 4) is 0 Å². The highest BCUT2D eigenvalue weighted by molar-refractivity contribution is 7.80. The predicted molar refractivity (Wildman–Crippen MR) is 41.3 cm³/mol. The number of hydrogen-bond donors (Lipinski definition) is 2. The van der Waals surface area contributed by atoms with Gasteiger partial charge in [-0.1, -0.05) is 0 Å². The second-order valence-electron chi connectivity index (χ2n) is 1.26. The quantitative estimate of drug-likeness (QED) is 0.324. The molecule has 1 atom stereocenters. The summed E-state index contributed by atoms with van der Waals surface area (Å²) in [6.45, 7) is 2.11. The Morgan fingerprint density at radius 2 is 2.14 bits per heavy atom. The van der Waals surface area contributed by atoms with Crippen molar-refractivity contribution in [3.63, 3.8) is 0 Å². The van der Waals surface area contributed by atoms with Gasteiger partial charge in [0.05, 0.1) is 0 Å². The monoisotopic (exact) mass is 137 g/mol. The fourth-order valence-electron chi connectivity index (χ4n) is 0.306. The van der Waals surface area contributed by atoms with E-state index < -0.39 is 0 Å². The minimum Gasteiger partial charge on any atom is -0.316 e. The molecule has 1 nitrogen and oxygen atoms in total. The first-order valence-electron chi connectivity index (χ1n) is 2.43. The van der Waals surface area contributed by atoms with E-state index in [9.17, 15) is 0 Å². The maximum atomic E-state index is 4.02. The molecule has 0 radical (unpaired) electrons. The van der Waals surface area contributed by atoms with E-state index in [0.29, 0.717) is 0 Å². The van der Waals surface area contributed by atoms with Crippen LogP contribution in [-0.2, 0) is 0 Å². The third kappa shape index (κ3) is 6.74. The third-order valence-corrected chi connectivity index (χ3v) is 1.12. The molecule has 0 amide bonds. The van der Waals surface area contributed by atoms with Gasteiger partial charge in [-0.05, 0) is 12.7 Å². The number of rotatable bonds is 4. The van der Waals surface area contributed by atoms with Crippen LogP contribution >= 0.6 is 21.9 Å². The topological polar surface area (TPSA) is 12.0 Å². The molecule has 0 aliphatic heterocycles. The number of thiol groups is 1. The zero-order valence-electron chi connectivity index (χ0n) is 4.35. The highest BCUT2D eigenvalue weighted by Gasteiger charge is 1.77. The third-order valence-electron chi connectivity index (χ3n) is 0.610. The lowest BCUT2D eigenvalue weighted by atomic mass is 10.7. The highest BCUT2D eigenvalue weighted by atomic mass is 32.1. The summed E-state index contributed by atoms with van der Waals surface area (Å²) < 4.78 is 0. The molecule has 1 N–H and O–H groups in total. The van der Waals surface area contributed by atoms with Gasteiger partial charge in [-0.15, -0.1) is 9.24 Å². The lowest BCUT2D eigenvalue weighted by Crippen LogP contribution is -2.18. The van der Waals surface area contributed by atoms with E-state index in [1.54, 1.807) is 0 Å². The molecule has 44 valence electrons. The first kappa shape index (κ1) is 7.74. The molecule has 0 aliphatic carbocycles. The van der Waals surface area contributed by atoms with Crippen LogP contribution in [0.25, 0.3) is 0 Å². The maximum absolute atomic E-state index is 4.02. The minimum atomic E-state index is 0.935. The Bertz CT molecular complexity index is 30.9. The van der Waals surface area contributed by atoms with Gasteiger partial charge in [0, 0.05) is 12.3 Å². The molecule has 0 spiro atoms. The van der Waals surface area contributed by atoms with E-state index in [1.165, 1.54) is 0 Å². The van der Waals surface area contributed by atoms with Crippen molar-refractivity contribution in [3.05, 3.63) is 0 Å². The maximum Gasteiger partial charge on any atom is 0.00398 e. The van der Waals surface area contributed by atoms with E-state index in [1.807, 2.05) is 0 Å². The lowest BCUT2D eigenvalue weighted by molar-refractivity contribution is 0.775. The van der Waals surface area contributed by atoms with Crippen LogP contribution in [0.4, 0.5) is 0 Å². The molecule has 0 fully saturated rings. The normalized spacial score (nSPS) is 9.43. The van der Waals surface area contributed by atoms with Crippen LogP contribution in [0.1, 0.15) is 0 Å². The van der Waals surface area contributed by atoms with Gasteiger partial charge in [0.15, 0.2) is 0 Å². The Hall–Kier alpha value is 0.740. The van der Waals surface area contributed by atoms with E-state index in [2.05, 4.69) is 27.2 Å². The number of nitrogens with one attached hydrogen (secondary N) is 1. The zero-order valence-corrected chi connectivity index (χ0v) is 6.40. The number of hydrogen-bond acceptors (Lipinski definition) is 2. The van der Waals surface area contributed by atoms with Gasteiger partial charge in [0.1, 0.15) is 0 Å². The zero-order chi connectivity index (χ0) is 5.54. The molecular formula is C4H12NPS. The second kappa shape index (κ2) is 6.74. The first-order chi connectivity index (χ1) is 3.41. The van der Waals surface area contributed by atoms with Crippen LogP contribution in [0.5, 0.6) is 0 Å². The molecule has 0 bridgehead atoms. The molecule has 0 aromatic carbocycles. The van der Waals surface area contributed by atoms with Gasteiger partial charge in [-0.3, -0.25) is 0 Å². The van der Waals surface area contributed by atoms with Crippen molar-refractivity contribution in [1.29, 1.82) is 0 Å². The molecule has 0 rings (SSSR count). The van der Waals surface area contributed by atoms with Crippen molar-refractivity contribution in [2.75, 3.05) is 25.0 Å². The summed E-state index contributed by atoms with van der Waals surface area (Å²) in [4.78, 5) is 0. The van der Waals surface area contributed by atoms with Gasteiger partial charge >= 0.3 is 0 Å². The van der Waals surface area contributed by atoms with Crippen molar-refractivity contribution >= 4 is 21.9 Å². The van der Waals surface area contributed by atoms with Crippen molar-refractivity contribution in [2.24, 2.45) is 0 Å². The SMILES string of the molecule is PCCNCCS. The van der Waals surface area contributed by atoms with E-state index in [0.717, 1.165) is 25.0 Å². The van der Waals surface area contributed by atoms with Crippen molar-refractivity contribution < 1.29 is 0 Å². The first-order valence-corrected chi connectivity index (χ1v) is 3.88. The van der Waals surface area contributed by atoms with Crippen molar-refractivity contribution in [1.82, 2.24) is 5.32 Å². The Morgan fingerprint density at radius 1 is 1.43 bits per heavy atom. The van der Waals surface area contributed by atoms with Crippen LogP contribution in [0, 0.1) is 0 Å². The molecule has 0 aliphatic rings. The van der Waals surface area contributed by atoms with Crippen LogP contribution in [0.2, 0.25) is 0 Å². The van der Waals surface area contributed by atoms with Gasteiger partial charge in [0.25, 0.3) is 0 Å². The molecule has 1 unspecified atom stereocenters. The van der Waals surface area contributed by atoms with Crippen LogP contribution < -0.4 is 5.32 Å². The van der Waals surface area contributed by atoms with Crippen LogP contribution in [0.3, 0.4) is 0 Å².